The highest BCUT2D eigenvalue weighted by molar-refractivity contribution is 7.07. The maximum Gasteiger partial charge on any atom is 0.352 e. The first-order chi connectivity index (χ1) is 13.0. The molecule has 1 unspecified atom stereocenters. The second-order valence-corrected chi connectivity index (χ2v) is 6.78. The van der Waals surface area contributed by atoms with Crippen molar-refractivity contribution in [3.8, 4) is 17.6 Å². The maximum absolute atomic E-state index is 12.0. The van der Waals surface area contributed by atoms with Gasteiger partial charge in [-0.2, -0.15) is 16.6 Å². The Hall–Kier alpha value is -3.30. The highest BCUT2D eigenvalue weighted by Gasteiger charge is 2.38. The number of rotatable bonds is 7. The fourth-order valence-corrected chi connectivity index (χ4v) is 3.17. The topological polar surface area (TPSA) is 79.5 Å². The average Bonchev–Trinajstić information content (AvgIpc) is 3.20. The average molecular weight is 379 g/mol. The second-order valence-electron chi connectivity index (χ2n) is 6.00. The number of aliphatic carboxylic acids is 1. The lowest BCUT2D eigenvalue weighted by Gasteiger charge is -2.27. The molecule has 0 amide bonds. The zero-order valence-corrected chi connectivity index (χ0v) is 15.4. The van der Waals surface area contributed by atoms with E-state index in [-0.39, 0.29) is 11.3 Å². The quantitative estimate of drug-likeness (QED) is 0.650. The van der Waals surface area contributed by atoms with E-state index in [1.165, 1.54) is 6.92 Å². The van der Waals surface area contributed by atoms with Crippen LogP contribution in [0.1, 0.15) is 23.6 Å². The van der Waals surface area contributed by atoms with E-state index in [1.54, 1.807) is 59.9 Å². The van der Waals surface area contributed by atoms with Crippen molar-refractivity contribution in [2.24, 2.45) is 0 Å². The van der Waals surface area contributed by atoms with Crippen LogP contribution < -0.4 is 9.47 Å². The molecule has 0 saturated heterocycles. The molecule has 1 N–H and O–H groups in total. The van der Waals surface area contributed by atoms with Gasteiger partial charge in [-0.15, -0.1) is 0 Å². The van der Waals surface area contributed by atoms with Crippen LogP contribution >= 0.6 is 11.3 Å². The van der Waals surface area contributed by atoms with Gasteiger partial charge in [-0.1, -0.05) is 30.3 Å². The number of hydrogen-bond acceptors (Lipinski definition) is 5. The van der Waals surface area contributed by atoms with Crippen molar-refractivity contribution in [2.75, 3.05) is 0 Å². The Kier molecular flexibility index (Phi) is 5.43. The number of carbonyl (C=O) groups is 1. The molecule has 3 rings (SSSR count). The molecule has 0 fully saturated rings. The van der Waals surface area contributed by atoms with Crippen molar-refractivity contribution in [3.63, 3.8) is 0 Å². The zero-order valence-electron chi connectivity index (χ0n) is 14.6. The molecule has 5 nitrogen and oxygen atoms in total. The number of nitrogens with zero attached hydrogens (tertiary/aromatic N) is 1. The highest BCUT2D eigenvalue weighted by Crippen LogP contribution is 2.33. The summed E-state index contributed by atoms with van der Waals surface area (Å²) in [5, 5.41) is 23.1. The van der Waals surface area contributed by atoms with Crippen LogP contribution in [0.15, 0.2) is 65.4 Å². The summed E-state index contributed by atoms with van der Waals surface area (Å²) in [6.07, 6.45) is 0. The lowest BCUT2D eigenvalue weighted by Crippen LogP contribution is -2.38. The molecule has 0 aliphatic heterocycles. The van der Waals surface area contributed by atoms with Gasteiger partial charge < -0.3 is 14.6 Å². The van der Waals surface area contributed by atoms with E-state index < -0.39 is 11.6 Å². The molecule has 0 radical (unpaired) electrons. The van der Waals surface area contributed by atoms with Gasteiger partial charge in [0.2, 0.25) is 5.60 Å². The molecule has 0 bridgehead atoms. The van der Waals surface area contributed by atoms with Gasteiger partial charge in [-0.05, 0) is 41.4 Å². The molecule has 1 aromatic heterocycles. The van der Waals surface area contributed by atoms with Gasteiger partial charge in [0.25, 0.3) is 0 Å². The number of carboxylic acids is 1. The zero-order chi connectivity index (χ0) is 19.3. The molecule has 0 aliphatic rings. The third-order valence-electron chi connectivity index (χ3n) is 4.11. The van der Waals surface area contributed by atoms with Crippen LogP contribution in [0, 0.1) is 11.3 Å². The third-order valence-corrected chi connectivity index (χ3v) is 4.84. The van der Waals surface area contributed by atoms with Gasteiger partial charge in [0.05, 0.1) is 5.56 Å². The standard InChI is InChI=1S/C21H17NO4S/c1-21(20(23)24,17-5-3-2-4-6-17)26-19-11-18(8-7-16(19)12-22)25-13-15-9-10-27-14-15/h2-11,14H,13H2,1H3,(H,23,24). The molecule has 0 spiro atoms. The summed E-state index contributed by atoms with van der Waals surface area (Å²) >= 11 is 1.58. The van der Waals surface area contributed by atoms with Gasteiger partial charge in [-0.25, -0.2) is 4.79 Å². The molecule has 3 aromatic rings. The fourth-order valence-electron chi connectivity index (χ4n) is 2.51. The summed E-state index contributed by atoms with van der Waals surface area (Å²) in [5.41, 5.74) is 0.109. The maximum atomic E-state index is 12.0. The van der Waals surface area contributed by atoms with Crippen molar-refractivity contribution in [3.05, 3.63) is 82.0 Å². The SMILES string of the molecule is CC(Oc1cc(OCc2ccsc2)ccc1C#N)(C(=O)O)c1ccccc1. The fraction of sp³-hybridized carbons (Fsp3) is 0.143. The first-order valence-electron chi connectivity index (χ1n) is 8.19. The van der Waals surface area contributed by atoms with Gasteiger partial charge in [-0.3, -0.25) is 0 Å². The number of benzene rings is 2. The predicted octanol–water partition coefficient (Wildman–Crippen LogP) is 4.58. The molecule has 0 aliphatic carbocycles. The highest BCUT2D eigenvalue weighted by atomic mass is 32.1. The van der Waals surface area contributed by atoms with E-state index in [0.717, 1.165) is 5.56 Å². The molecular weight excluding hydrogens is 362 g/mol. The summed E-state index contributed by atoms with van der Waals surface area (Å²) in [6.45, 7) is 1.84. The molecule has 2 aromatic carbocycles. The largest absolute Gasteiger partial charge is 0.489 e. The summed E-state index contributed by atoms with van der Waals surface area (Å²) in [6, 6.07) is 17.4. The number of ether oxygens (including phenoxy) is 2. The number of nitriles is 1. The van der Waals surface area contributed by atoms with E-state index in [2.05, 4.69) is 0 Å². The monoisotopic (exact) mass is 379 g/mol. The lowest BCUT2D eigenvalue weighted by atomic mass is 9.95. The summed E-state index contributed by atoms with van der Waals surface area (Å²) in [7, 11) is 0. The minimum atomic E-state index is -1.64. The normalized spacial score (nSPS) is 12.6. The first-order valence-corrected chi connectivity index (χ1v) is 9.13. The Morgan fingerprint density at radius 2 is 2.00 bits per heavy atom. The summed E-state index contributed by atoms with van der Waals surface area (Å²) in [5.74, 6) is -0.493. The molecule has 6 heteroatoms. The Balaban J connectivity index is 1.90. The predicted molar refractivity (Wildman–Crippen MR) is 102 cm³/mol. The summed E-state index contributed by atoms with van der Waals surface area (Å²) in [4.78, 5) is 12.0. The minimum Gasteiger partial charge on any atom is -0.489 e. The first kappa shape index (κ1) is 18.5. The van der Waals surface area contributed by atoms with Crippen LogP contribution in [-0.4, -0.2) is 11.1 Å². The van der Waals surface area contributed by atoms with E-state index in [1.807, 2.05) is 22.9 Å². The van der Waals surface area contributed by atoms with Gasteiger partial charge in [0, 0.05) is 11.6 Å². The van der Waals surface area contributed by atoms with Crippen LogP contribution in [0.25, 0.3) is 0 Å². The molecule has 0 saturated carbocycles. The van der Waals surface area contributed by atoms with Crippen molar-refractivity contribution < 1.29 is 19.4 Å². The van der Waals surface area contributed by atoms with Gasteiger partial charge >= 0.3 is 5.97 Å². The molecular formula is C21H17NO4S. The Labute approximate surface area is 161 Å². The van der Waals surface area contributed by atoms with Crippen LogP contribution in [0.3, 0.4) is 0 Å². The van der Waals surface area contributed by atoms with Crippen LogP contribution in [-0.2, 0) is 17.0 Å². The van der Waals surface area contributed by atoms with Crippen molar-refractivity contribution in [2.45, 2.75) is 19.1 Å². The Morgan fingerprint density at radius 3 is 2.63 bits per heavy atom. The smallest absolute Gasteiger partial charge is 0.352 e. The second kappa shape index (κ2) is 7.94. The number of thiophene rings is 1. The number of hydrogen-bond donors (Lipinski definition) is 1. The van der Waals surface area contributed by atoms with Crippen molar-refractivity contribution in [1.82, 2.24) is 0 Å². The van der Waals surface area contributed by atoms with Gasteiger partial charge in [0.1, 0.15) is 24.2 Å². The molecule has 27 heavy (non-hydrogen) atoms. The lowest BCUT2D eigenvalue weighted by molar-refractivity contribution is -0.154. The van der Waals surface area contributed by atoms with Crippen LogP contribution in [0.5, 0.6) is 11.5 Å². The Bertz CT molecular complexity index is 964. The van der Waals surface area contributed by atoms with E-state index in [0.29, 0.717) is 17.9 Å². The molecule has 1 heterocycles. The van der Waals surface area contributed by atoms with E-state index >= 15 is 0 Å². The molecule has 1 atom stereocenters. The van der Waals surface area contributed by atoms with Crippen LogP contribution in [0.2, 0.25) is 0 Å². The number of carboxylic acid groups (broad SMARTS) is 1. The Morgan fingerprint density at radius 1 is 1.22 bits per heavy atom. The summed E-state index contributed by atoms with van der Waals surface area (Å²) < 4.78 is 11.6. The van der Waals surface area contributed by atoms with Crippen molar-refractivity contribution in [1.29, 1.82) is 5.26 Å². The van der Waals surface area contributed by atoms with Gasteiger partial charge in [0.15, 0.2) is 0 Å². The van der Waals surface area contributed by atoms with E-state index in [4.69, 9.17) is 9.47 Å². The van der Waals surface area contributed by atoms with Crippen LogP contribution in [0.4, 0.5) is 0 Å². The minimum absolute atomic E-state index is 0.161. The third kappa shape index (κ3) is 4.10. The van der Waals surface area contributed by atoms with Crippen molar-refractivity contribution >= 4 is 17.3 Å². The van der Waals surface area contributed by atoms with E-state index in [9.17, 15) is 15.2 Å². The molecule has 136 valence electrons.